The van der Waals surface area contributed by atoms with Gasteiger partial charge in [0.2, 0.25) is 5.91 Å². The second kappa shape index (κ2) is 6.48. The zero-order chi connectivity index (χ0) is 15.5. The number of hydrogen-bond donors (Lipinski definition) is 1. The first-order valence-electron chi connectivity index (χ1n) is 8.10. The van der Waals surface area contributed by atoms with Crippen LogP contribution in [0, 0.1) is 5.92 Å². The summed E-state index contributed by atoms with van der Waals surface area (Å²) in [6.45, 7) is 6.64. The highest BCUT2D eigenvalue weighted by molar-refractivity contribution is 5.96. The van der Waals surface area contributed by atoms with Crippen molar-refractivity contribution in [3.8, 4) is 0 Å². The number of carbonyl (C=O) groups excluding carboxylic acids is 2. The van der Waals surface area contributed by atoms with Crippen LogP contribution >= 0.6 is 0 Å². The molecule has 118 valence electrons. The van der Waals surface area contributed by atoms with Crippen molar-refractivity contribution in [1.82, 2.24) is 9.80 Å². The highest BCUT2D eigenvalue weighted by Gasteiger charge is 2.29. The molecule has 2 aliphatic rings. The number of piperazine rings is 1. The minimum absolute atomic E-state index is 0.0795. The average Bonchev–Trinajstić information content (AvgIpc) is 3.40. The van der Waals surface area contributed by atoms with E-state index in [-0.39, 0.29) is 17.7 Å². The third-order valence-electron chi connectivity index (χ3n) is 4.45. The van der Waals surface area contributed by atoms with Gasteiger partial charge in [-0.1, -0.05) is 6.92 Å². The lowest BCUT2D eigenvalue weighted by Crippen LogP contribution is -2.48. The molecule has 0 radical (unpaired) electrons. The summed E-state index contributed by atoms with van der Waals surface area (Å²) in [5.41, 5.74) is 1.46. The number of carbonyl (C=O) groups is 2. The van der Waals surface area contributed by atoms with Gasteiger partial charge in [-0.25, -0.2) is 0 Å². The Labute approximate surface area is 131 Å². The first kappa shape index (κ1) is 15.0. The molecule has 0 aromatic heterocycles. The van der Waals surface area contributed by atoms with Crippen molar-refractivity contribution in [2.24, 2.45) is 5.92 Å². The van der Waals surface area contributed by atoms with Crippen molar-refractivity contribution >= 4 is 17.5 Å². The summed E-state index contributed by atoms with van der Waals surface area (Å²) in [4.78, 5) is 28.4. The van der Waals surface area contributed by atoms with Crippen LogP contribution < -0.4 is 5.32 Å². The molecule has 1 saturated carbocycles. The van der Waals surface area contributed by atoms with Gasteiger partial charge >= 0.3 is 0 Å². The molecule has 2 amide bonds. The summed E-state index contributed by atoms with van der Waals surface area (Å²) in [5, 5.41) is 2.89. The molecule has 5 nitrogen and oxygen atoms in total. The van der Waals surface area contributed by atoms with Crippen molar-refractivity contribution in [2.45, 2.75) is 19.8 Å². The summed E-state index contributed by atoms with van der Waals surface area (Å²) in [6.07, 6.45) is 1.98. The fourth-order valence-corrected chi connectivity index (χ4v) is 2.74. The highest BCUT2D eigenvalue weighted by Crippen LogP contribution is 2.30. The Morgan fingerprint density at radius 3 is 2.27 bits per heavy atom. The van der Waals surface area contributed by atoms with Gasteiger partial charge in [0.25, 0.3) is 5.91 Å². The first-order chi connectivity index (χ1) is 10.7. The molecule has 1 aliphatic heterocycles. The van der Waals surface area contributed by atoms with Gasteiger partial charge in [-0.2, -0.15) is 0 Å². The number of nitrogens with one attached hydrogen (secondary N) is 1. The summed E-state index contributed by atoms with van der Waals surface area (Å²) in [5.74, 6) is 0.363. The Kier molecular flexibility index (Phi) is 4.43. The molecule has 1 heterocycles. The fraction of sp³-hybridized carbons (Fsp3) is 0.529. The Hall–Kier alpha value is -1.88. The standard InChI is InChI=1S/C17H23N3O2/c1-2-19-9-11-20(12-10-19)17(22)14-5-7-15(8-6-14)18-16(21)13-3-4-13/h5-8,13H,2-4,9-12H2,1H3,(H,18,21). The van der Waals surface area contributed by atoms with E-state index in [1.54, 1.807) is 12.1 Å². The maximum Gasteiger partial charge on any atom is 0.253 e. The number of anilines is 1. The van der Waals surface area contributed by atoms with Crippen molar-refractivity contribution in [3.63, 3.8) is 0 Å². The lowest BCUT2D eigenvalue weighted by atomic mass is 10.1. The van der Waals surface area contributed by atoms with Gasteiger partial charge in [-0.3, -0.25) is 9.59 Å². The van der Waals surface area contributed by atoms with E-state index in [1.807, 2.05) is 17.0 Å². The van der Waals surface area contributed by atoms with Crippen LogP contribution in [-0.2, 0) is 4.79 Å². The van der Waals surface area contributed by atoms with Gasteiger partial charge in [0.05, 0.1) is 0 Å². The van der Waals surface area contributed by atoms with Gasteiger partial charge in [0.15, 0.2) is 0 Å². The molecule has 0 atom stereocenters. The molecule has 1 N–H and O–H groups in total. The Balaban J connectivity index is 1.57. The van der Waals surface area contributed by atoms with Crippen LogP contribution in [0.15, 0.2) is 24.3 Å². The minimum atomic E-state index is 0.0795. The summed E-state index contributed by atoms with van der Waals surface area (Å²) in [7, 11) is 0. The number of amides is 2. The van der Waals surface area contributed by atoms with Crippen LogP contribution in [0.2, 0.25) is 0 Å². The van der Waals surface area contributed by atoms with E-state index in [1.165, 1.54) is 0 Å². The predicted octanol–water partition coefficient (Wildman–Crippen LogP) is 1.81. The van der Waals surface area contributed by atoms with E-state index < -0.39 is 0 Å². The van der Waals surface area contributed by atoms with E-state index in [0.717, 1.165) is 51.3 Å². The van der Waals surface area contributed by atoms with Gasteiger partial charge in [0, 0.05) is 43.3 Å². The normalized spacial score (nSPS) is 19.0. The van der Waals surface area contributed by atoms with Gasteiger partial charge in [-0.15, -0.1) is 0 Å². The molecule has 0 unspecified atom stereocenters. The number of benzene rings is 1. The van der Waals surface area contributed by atoms with Crippen LogP contribution in [0.5, 0.6) is 0 Å². The second-order valence-electron chi connectivity index (χ2n) is 6.07. The SMILES string of the molecule is CCN1CCN(C(=O)c2ccc(NC(=O)C3CC3)cc2)CC1. The maximum absolute atomic E-state index is 12.5. The fourth-order valence-electron chi connectivity index (χ4n) is 2.74. The molecule has 0 spiro atoms. The third kappa shape index (κ3) is 3.47. The average molecular weight is 301 g/mol. The van der Waals surface area contributed by atoms with Crippen molar-refractivity contribution in [1.29, 1.82) is 0 Å². The predicted molar refractivity (Wildman–Crippen MR) is 85.8 cm³/mol. The van der Waals surface area contributed by atoms with Crippen molar-refractivity contribution in [3.05, 3.63) is 29.8 Å². The topological polar surface area (TPSA) is 52.6 Å². The molecule has 0 bridgehead atoms. The first-order valence-corrected chi connectivity index (χ1v) is 8.10. The highest BCUT2D eigenvalue weighted by atomic mass is 16.2. The third-order valence-corrected chi connectivity index (χ3v) is 4.45. The van der Waals surface area contributed by atoms with Gasteiger partial charge in [-0.05, 0) is 43.7 Å². The number of nitrogens with zero attached hydrogens (tertiary/aromatic N) is 2. The van der Waals surface area contributed by atoms with Crippen LogP contribution in [-0.4, -0.2) is 54.3 Å². The van der Waals surface area contributed by atoms with E-state index in [4.69, 9.17) is 0 Å². The lowest BCUT2D eigenvalue weighted by molar-refractivity contribution is -0.117. The lowest BCUT2D eigenvalue weighted by Gasteiger charge is -2.34. The van der Waals surface area contributed by atoms with Gasteiger partial charge in [0.1, 0.15) is 0 Å². The van der Waals surface area contributed by atoms with Crippen molar-refractivity contribution < 1.29 is 9.59 Å². The van der Waals surface area contributed by atoms with Crippen LogP contribution in [0.3, 0.4) is 0 Å². The van der Waals surface area contributed by atoms with Crippen LogP contribution in [0.1, 0.15) is 30.1 Å². The van der Waals surface area contributed by atoms with Gasteiger partial charge < -0.3 is 15.1 Å². The van der Waals surface area contributed by atoms with E-state index in [2.05, 4.69) is 17.1 Å². The second-order valence-corrected chi connectivity index (χ2v) is 6.07. The molecular weight excluding hydrogens is 278 g/mol. The summed E-state index contributed by atoms with van der Waals surface area (Å²) >= 11 is 0. The zero-order valence-corrected chi connectivity index (χ0v) is 13.0. The van der Waals surface area contributed by atoms with Crippen LogP contribution in [0.4, 0.5) is 5.69 Å². The molecule has 3 rings (SSSR count). The number of likely N-dealkylation sites (N-methyl/N-ethyl adjacent to an activating group) is 1. The van der Waals surface area contributed by atoms with Crippen molar-refractivity contribution in [2.75, 3.05) is 38.0 Å². The molecule has 1 aliphatic carbocycles. The summed E-state index contributed by atoms with van der Waals surface area (Å²) < 4.78 is 0. The number of rotatable bonds is 4. The number of hydrogen-bond acceptors (Lipinski definition) is 3. The maximum atomic E-state index is 12.5. The minimum Gasteiger partial charge on any atom is -0.336 e. The quantitative estimate of drug-likeness (QED) is 0.923. The molecular formula is C17H23N3O2. The Morgan fingerprint density at radius 1 is 1.09 bits per heavy atom. The zero-order valence-electron chi connectivity index (χ0n) is 13.0. The molecule has 1 saturated heterocycles. The monoisotopic (exact) mass is 301 g/mol. The van der Waals surface area contributed by atoms with E-state index >= 15 is 0 Å². The van der Waals surface area contributed by atoms with E-state index in [0.29, 0.717) is 5.56 Å². The molecule has 22 heavy (non-hydrogen) atoms. The summed E-state index contributed by atoms with van der Waals surface area (Å²) in [6, 6.07) is 7.24. The largest absolute Gasteiger partial charge is 0.336 e. The smallest absolute Gasteiger partial charge is 0.253 e. The molecule has 5 heteroatoms. The Morgan fingerprint density at radius 2 is 1.73 bits per heavy atom. The molecule has 1 aromatic carbocycles. The Bertz CT molecular complexity index is 544. The van der Waals surface area contributed by atoms with Crippen LogP contribution in [0.25, 0.3) is 0 Å². The molecule has 1 aromatic rings. The van der Waals surface area contributed by atoms with E-state index in [9.17, 15) is 9.59 Å². The molecule has 2 fully saturated rings.